The van der Waals surface area contributed by atoms with Gasteiger partial charge in [-0.05, 0) is 53.7 Å². The van der Waals surface area contributed by atoms with E-state index in [9.17, 15) is 4.79 Å². The minimum absolute atomic E-state index is 0.0120. The number of likely N-dealkylation sites (tertiary alicyclic amines) is 1. The summed E-state index contributed by atoms with van der Waals surface area (Å²) in [4.78, 5) is 14.6. The third kappa shape index (κ3) is 4.94. The lowest BCUT2D eigenvalue weighted by molar-refractivity contribution is -0.126. The molecule has 30 heavy (non-hydrogen) atoms. The van der Waals surface area contributed by atoms with Gasteiger partial charge in [-0.1, -0.05) is 24.3 Å². The number of nitrogens with zero attached hydrogens (tertiary/aromatic N) is 1. The van der Waals surface area contributed by atoms with E-state index < -0.39 is 0 Å². The van der Waals surface area contributed by atoms with Gasteiger partial charge in [0, 0.05) is 25.7 Å². The SMILES string of the molecule is COc1cc(C=CC(=O)N2CCC(c3cccc(CN)c3)CC2)cc(OC)c1OC. The van der Waals surface area contributed by atoms with Crippen molar-refractivity contribution in [2.75, 3.05) is 34.4 Å². The largest absolute Gasteiger partial charge is 0.493 e. The fourth-order valence-corrected chi connectivity index (χ4v) is 3.88. The highest BCUT2D eigenvalue weighted by Crippen LogP contribution is 2.38. The molecule has 6 nitrogen and oxygen atoms in total. The molecule has 0 unspecified atom stereocenters. The zero-order chi connectivity index (χ0) is 21.5. The highest BCUT2D eigenvalue weighted by Gasteiger charge is 2.23. The summed E-state index contributed by atoms with van der Waals surface area (Å²) in [6, 6.07) is 12.1. The summed E-state index contributed by atoms with van der Waals surface area (Å²) in [7, 11) is 4.71. The Balaban J connectivity index is 1.64. The van der Waals surface area contributed by atoms with Crippen LogP contribution < -0.4 is 19.9 Å². The molecule has 1 aliphatic heterocycles. The molecule has 3 rings (SSSR count). The molecule has 0 aliphatic carbocycles. The van der Waals surface area contributed by atoms with Crippen molar-refractivity contribution in [1.82, 2.24) is 4.90 Å². The van der Waals surface area contributed by atoms with Gasteiger partial charge in [-0.25, -0.2) is 0 Å². The first-order chi connectivity index (χ1) is 14.6. The first kappa shape index (κ1) is 21.7. The number of carbonyl (C=O) groups excluding carboxylic acids is 1. The second kappa shape index (κ2) is 10.2. The van der Waals surface area contributed by atoms with E-state index in [1.165, 1.54) is 5.56 Å². The number of nitrogens with two attached hydrogens (primary N) is 1. The Morgan fingerprint density at radius 2 is 1.73 bits per heavy atom. The van der Waals surface area contributed by atoms with Gasteiger partial charge >= 0.3 is 0 Å². The Bertz CT molecular complexity index is 877. The van der Waals surface area contributed by atoms with Gasteiger partial charge in [-0.15, -0.1) is 0 Å². The van der Waals surface area contributed by atoms with Crippen molar-refractivity contribution in [3.8, 4) is 17.2 Å². The van der Waals surface area contributed by atoms with Crippen LogP contribution in [0.15, 0.2) is 42.5 Å². The van der Waals surface area contributed by atoms with Gasteiger partial charge in [0.1, 0.15) is 0 Å². The van der Waals surface area contributed by atoms with Crippen molar-refractivity contribution in [1.29, 1.82) is 0 Å². The van der Waals surface area contributed by atoms with Crippen LogP contribution in [0.1, 0.15) is 35.4 Å². The van der Waals surface area contributed by atoms with Crippen LogP contribution in [0.25, 0.3) is 6.08 Å². The standard InChI is InChI=1S/C24H30N2O4/c1-28-21-14-17(15-22(29-2)24(21)30-3)7-8-23(27)26-11-9-19(10-12-26)20-6-4-5-18(13-20)16-25/h4-8,13-15,19H,9-12,16,25H2,1-3H3. The Morgan fingerprint density at radius 1 is 1.07 bits per heavy atom. The maximum atomic E-state index is 12.7. The molecule has 0 bridgehead atoms. The van der Waals surface area contributed by atoms with Crippen LogP contribution in [0.5, 0.6) is 17.2 Å². The molecule has 1 fully saturated rings. The maximum absolute atomic E-state index is 12.7. The van der Waals surface area contributed by atoms with Crippen LogP contribution in [0.2, 0.25) is 0 Å². The molecular weight excluding hydrogens is 380 g/mol. The molecule has 0 aromatic heterocycles. The summed E-state index contributed by atoms with van der Waals surface area (Å²) in [5.74, 6) is 2.13. The van der Waals surface area contributed by atoms with Crippen molar-refractivity contribution >= 4 is 12.0 Å². The van der Waals surface area contributed by atoms with Gasteiger partial charge in [0.2, 0.25) is 11.7 Å². The quantitative estimate of drug-likeness (QED) is 0.706. The number of methoxy groups -OCH3 is 3. The molecule has 2 N–H and O–H groups in total. The van der Waals surface area contributed by atoms with Crippen LogP contribution in [0.3, 0.4) is 0 Å². The minimum atomic E-state index is 0.0120. The van der Waals surface area contributed by atoms with Gasteiger partial charge in [0.05, 0.1) is 21.3 Å². The van der Waals surface area contributed by atoms with E-state index in [0.29, 0.717) is 29.7 Å². The second-order valence-electron chi connectivity index (χ2n) is 7.34. The molecule has 0 radical (unpaired) electrons. The minimum Gasteiger partial charge on any atom is -0.493 e. The predicted molar refractivity (Wildman–Crippen MR) is 118 cm³/mol. The average Bonchev–Trinajstić information content (AvgIpc) is 2.81. The smallest absolute Gasteiger partial charge is 0.246 e. The second-order valence-corrected chi connectivity index (χ2v) is 7.34. The van der Waals surface area contributed by atoms with E-state index in [-0.39, 0.29) is 5.91 Å². The summed E-state index contributed by atoms with van der Waals surface area (Å²) in [5.41, 5.74) is 9.04. The van der Waals surface area contributed by atoms with Gasteiger partial charge in [0.15, 0.2) is 11.5 Å². The number of ether oxygens (including phenoxy) is 3. The molecule has 2 aromatic rings. The van der Waals surface area contributed by atoms with E-state index in [1.807, 2.05) is 17.0 Å². The van der Waals surface area contributed by atoms with Crippen LogP contribution in [-0.2, 0) is 11.3 Å². The van der Waals surface area contributed by atoms with Crippen molar-refractivity contribution in [2.24, 2.45) is 5.73 Å². The van der Waals surface area contributed by atoms with Crippen molar-refractivity contribution in [3.63, 3.8) is 0 Å². The summed E-state index contributed by atoms with van der Waals surface area (Å²) in [5, 5.41) is 0. The van der Waals surface area contributed by atoms with E-state index in [2.05, 4.69) is 24.3 Å². The number of benzene rings is 2. The molecule has 0 saturated carbocycles. The molecular formula is C24H30N2O4. The molecule has 0 spiro atoms. The molecule has 2 aromatic carbocycles. The maximum Gasteiger partial charge on any atom is 0.246 e. The van der Waals surface area contributed by atoms with E-state index in [4.69, 9.17) is 19.9 Å². The number of hydrogen-bond acceptors (Lipinski definition) is 5. The first-order valence-corrected chi connectivity index (χ1v) is 10.2. The summed E-state index contributed by atoms with van der Waals surface area (Å²) >= 11 is 0. The normalized spacial score (nSPS) is 14.7. The van der Waals surface area contributed by atoms with Gasteiger partial charge in [0.25, 0.3) is 0 Å². The zero-order valence-electron chi connectivity index (χ0n) is 17.9. The molecule has 1 aliphatic rings. The van der Waals surface area contributed by atoms with Crippen molar-refractivity contribution in [3.05, 3.63) is 59.2 Å². The van der Waals surface area contributed by atoms with Gasteiger partial charge < -0.3 is 24.8 Å². The van der Waals surface area contributed by atoms with Gasteiger partial charge in [-0.3, -0.25) is 4.79 Å². The fraction of sp³-hybridized carbons (Fsp3) is 0.375. The average molecular weight is 411 g/mol. The molecule has 160 valence electrons. The van der Waals surface area contributed by atoms with E-state index in [0.717, 1.165) is 37.1 Å². The first-order valence-electron chi connectivity index (χ1n) is 10.2. The number of hydrogen-bond donors (Lipinski definition) is 1. The zero-order valence-corrected chi connectivity index (χ0v) is 17.9. The van der Waals surface area contributed by atoms with Crippen molar-refractivity contribution < 1.29 is 19.0 Å². The van der Waals surface area contributed by atoms with Crippen LogP contribution in [0, 0.1) is 0 Å². The predicted octanol–water partition coefficient (Wildman–Crippen LogP) is 3.59. The molecule has 1 amide bonds. The third-order valence-electron chi connectivity index (χ3n) is 5.57. The number of piperidine rings is 1. The molecule has 0 atom stereocenters. The van der Waals surface area contributed by atoms with Crippen LogP contribution >= 0.6 is 0 Å². The Labute approximate surface area is 178 Å². The topological polar surface area (TPSA) is 74.0 Å². The molecule has 1 saturated heterocycles. The number of carbonyl (C=O) groups is 1. The number of rotatable bonds is 7. The highest BCUT2D eigenvalue weighted by atomic mass is 16.5. The summed E-state index contributed by atoms with van der Waals surface area (Å²) in [6.45, 7) is 2.04. The number of amides is 1. The van der Waals surface area contributed by atoms with E-state index >= 15 is 0 Å². The van der Waals surface area contributed by atoms with E-state index in [1.54, 1.807) is 33.5 Å². The lowest BCUT2D eigenvalue weighted by Crippen LogP contribution is -2.36. The Kier molecular flexibility index (Phi) is 7.36. The third-order valence-corrected chi connectivity index (χ3v) is 5.57. The lowest BCUT2D eigenvalue weighted by atomic mass is 9.88. The monoisotopic (exact) mass is 410 g/mol. The Hall–Kier alpha value is -2.99. The van der Waals surface area contributed by atoms with Crippen LogP contribution in [0.4, 0.5) is 0 Å². The van der Waals surface area contributed by atoms with Crippen LogP contribution in [-0.4, -0.2) is 45.2 Å². The summed E-state index contributed by atoms with van der Waals surface area (Å²) < 4.78 is 16.1. The van der Waals surface area contributed by atoms with Crippen molar-refractivity contribution in [2.45, 2.75) is 25.3 Å². The lowest BCUT2D eigenvalue weighted by Gasteiger charge is -2.31. The molecule has 1 heterocycles. The Morgan fingerprint density at radius 3 is 2.30 bits per heavy atom. The molecule has 6 heteroatoms. The van der Waals surface area contributed by atoms with Gasteiger partial charge in [-0.2, -0.15) is 0 Å². The summed E-state index contributed by atoms with van der Waals surface area (Å²) in [6.07, 6.45) is 5.30. The fourth-order valence-electron chi connectivity index (χ4n) is 3.88. The highest BCUT2D eigenvalue weighted by molar-refractivity contribution is 5.92.